The first kappa shape index (κ1) is 28.2. The monoisotopic (exact) mass is 469 g/mol. The van der Waals surface area contributed by atoms with E-state index >= 15 is 0 Å². The Morgan fingerprint density at radius 2 is 0.706 bits per heavy atom. The molecule has 3 N–H and O–H groups in total. The van der Waals surface area contributed by atoms with Crippen molar-refractivity contribution < 1.29 is 15.4 Å². The van der Waals surface area contributed by atoms with E-state index in [9.17, 15) is 15.4 Å². The molecule has 34 heavy (non-hydrogen) atoms. The van der Waals surface area contributed by atoms with Gasteiger partial charge in [0.05, 0.1) is 0 Å². The zero-order valence-corrected chi connectivity index (χ0v) is 23.5. The molecule has 0 saturated heterocycles. The number of hydrogen-bond acceptors (Lipinski definition) is 4. The zero-order valence-electron chi connectivity index (χ0n) is 23.5. The van der Waals surface area contributed by atoms with Gasteiger partial charge in [0.15, 0.2) is 0 Å². The first-order valence-corrected chi connectivity index (χ1v) is 12.3. The molecule has 0 fully saturated rings. The van der Waals surface area contributed by atoms with Crippen LogP contribution >= 0.6 is 0 Å². The molecule has 4 heteroatoms. The van der Waals surface area contributed by atoms with Crippen molar-refractivity contribution in [1.29, 1.82) is 0 Å². The van der Waals surface area contributed by atoms with Crippen LogP contribution in [-0.2, 0) is 34.7 Å². The molecule has 2 rings (SSSR count). The second-order valence-electron chi connectivity index (χ2n) is 13.9. The van der Waals surface area contributed by atoms with Crippen LogP contribution in [0, 0.1) is 0 Å². The Morgan fingerprint density at radius 3 is 0.882 bits per heavy atom. The molecule has 4 nitrogen and oxygen atoms in total. The van der Waals surface area contributed by atoms with Crippen molar-refractivity contribution >= 4 is 0 Å². The van der Waals surface area contributed by atoms with Crippen molar-refractivity contribution in [3.8, 4) is 11.5 Å². The quantitative estimate of drug-likeness (QED) is 0.402. The molecule has 0 bridgehead atoms. The summed E-state index contributed by atoms with van der Waals surface area (Å²) in [4.78, 5) is 0. The maximum Gasteiger partial charge on any atom is 0.123 e. The topological polar surface area (TPSA) is 63.9 Å². The molecule has 190 valence electrons. The predicted molar refractivity (Wildman–Crippen MR) is 142 cm³/mol. The molecule has 0 atom stereocenters. The van der Waals surface area contributed by atoms with Crippen LogP contribution in [-0.4, -0.2) is 20.5 Å². The lowest BCUT2D eigenvalue weighted by molar-refractivity contribution is -0.108. The number of rotatable bonds is 4. The second kappa shape index (κ2) is 9.20. The van der Waals surface area contributed by atoms with E-state index < -0.39 is 0 Å². The van der Waals surface area contributed by atoms with Gasteiger partial charge in [-0.15, -0.1) is 0 Å². The minimum absolute atomic E-state index is 0.222. The van der Waals surface area contributed by atoms with E-state index in [1.165, 1.54) is 5.06 Å². The van der Waals surface area contributed by atoms with Crippen molar-refractivity contribution in [3.05, 3.63) is 57.6 Å². The highest BCUT2D eigenvalue weighted by Crippen LogP contribution is 2.41. The highest BCUT2D eigenvalue weighted by atomic mass is 16.5. The van der Waals surface area contributed by atoms with Gasteiger partial charge in [-0.3, -0.25) is 0 Å². The van der Waals surface area contributed by atoms with E-state index in [1.54, 1.807) is 0 Å². The lowest BCUT2D eigenvalue weighted by atomic mass is 9.78. The van der Waals surface area contributed by atoms with Crippen molar-refractivity contribution in [1.82, 2.24) is 5.06 Å². The molecule has 2 aromatic rings. The number of nitrogens with zero attached hydrogens (tertiary/aromatic N) is 1. The van der Waals surface area contributed by atoms with E-state index in [4.69, 9.17) is 0 Å². The van der Waals surface area contributed by atoms with Crippen LogP contribution in [0.15, 0.2) is 24.3 Å². The Kier molecular flexibility index (Phi) is 7.63. The molecular weight excluding hydrogens is 422 g/mol. The third-order valence-electron chi connectivity index (χ3n) is 6.30. The summed E-state index contributed by atoms with van der Waals surface area (Å²) >= 11 is 0. The van der Waals surface area contributed by atoms with Crippen molar-refractivity contribution in [2.24, 2.45) is 0 Å². The van der Waals surface area contributed by atoms with Crippen LogP contribution in [0.4, 0.5) is 0 Å². The maximum atomic E-state index is 11.0. The van der Waals surface area contributed by atoms with Gasteiger partial charge in [0.25, 0.3) is 0 Å². The lowest BCUT2D eigenvalue weighted by Gasteiger charge is -2.30. The van der Waals surface area contributed by atoms with Gasteiger partial charge in [-0.25, -0.2) is 0 Å². The van der Waals surface area contributed by atoms with E-state index in [-0.39, 0.29) is 21.7 Å². The van der Waals surface area contributed by atoms with Gasteiger partial charge in [0.1, 0.15) is 11.5 Å². The fourth-order valence-corrected chi connectivity index (χ4v) is 4.34. The van der Waals surface area contributed by atoms with Gasteiger partial charge < -0.3 is 15.4 Å². The Bertz CT molecular complexity index is 871. The van der Waals surface area contributed by atoms with Crippen LogP contribution in [0.3, 0.4) is 0 Å². The number of phenols is 2. The first-order valence-electron chi connectivity index (χ1n) is 12.3. The predicted octanol–water partition coefficient (Wildman–Crippen LogP) is 7.68. The second-order valence-corrected chi connectivity index (χ2v) is 13.9. The first-order chi connectivity index (χ1) is 15.1. The molecule has 0 radical (unpaired) electrons. The summed E-state index contributed by atoms with van der Waals surface area (Å²) in [5.74, 6) is 0.688. The van der Waals surface area contributed by atoms with E-state index in [0.29, 0.717) is 24.6 Å². The summed E-state index contributed by atoms with van der Waals surface area (Å²) in [6, 6.07) is 8.02. The fraction of sp³-hybridized carbons (Fsp3) is 0.600. The molecule has 0 aliphatic rings. The van der Waals surface area contributed by atoms with E-state index in [2.05, 4.69) is 83.1 Å². The number of phenolic OH excluding ortho intramolecular Hbond substituents is 2. The summed E-state index contributed by atoms with van der Waals surface area (Å²) in [6.07, 6.45) is 0. The van der Waals surface area contributed by atoms with Gasteiger partial charge >= 0.3 is 0 Å². The summed E-state index contributed by atoms with van der Waals surface area (Å²) in [6.45, 7) is 25.8. The molecular formula is C30H47NO3. The molecule has 0 aromatic heterocycles. The third-order valence-corrected chi connectivity index (χ3v) is 6.30. The number of aromatic hydroxyl groups is 2. The third kappa shape index (κ3) is 6.55. The van der Waals surface area contributed by atoms with Gasteiger partial charge in [0.2, 0.25) is 0 Å². The van der Waals surface area contributed by atoms with Gasteiger partial charge in [0, 0.05) is 13.1 Å². The molecule has 2 aromatic carbocycles. The summed E-state index contributed by atoms with van der Waals surface area (Å²) < 4.78 is 0. The van der Waals surface area contributed by atoms with E-state index in [1.807, 2.05) is 24.3 Å². The SMILES string of the molecule is CC(C)(C)c1cc(CN(O)Cc2cc(C(C)(C)C)c(O)c(C(C)(C)C)c2)cc(C(C)(C)C)c1O. The van der Waals surface area contributed by atoms with Gasteiger partial charge in [-0.2, -0.15) is 5.06 Å². The molecule has 0 heterocycles. The fourth-order valence-electron chi connectivity index (χ4n) is 4.34. The van der Waals surface area contributed by atoms with Crippen molar-refractivity contribution in [2.45, 2.75) is 118 Å². The normalized spacial score (nSPS) is 13.6. The van der Waals surface area contributed by atoms with Crippen LogP contribution in [0.25, 0.3) is 0 Å². The molecule has 0 aliphatic carbocycles. The van der Waals surface area contributed by atoms with Gasteiger partial charge in [-0.1, -0.05) is 107 Å². The maximum absolute atomic E-state index is 11.0. The number of hydroxylamine groups is 2. The van der Waals surface area contributed by atoms with Crippen LogP contribution in [0.5, 0.6) is 11.5 Å². The summed E-state index contributed by atoms with van der Waals surface area (Å²) in [7, 11) is 0. The molecule has 0 saturated carbocycles. The van der Waals surface area contributed by atoms with E-state index in [0.717, 1.165) is 33.4 Å². The lowest BCUT2D eigenvalue weighted by Crippen LogP contribution is -2.23. The minimum atomic E-state index is -0.222. The molecule has 0 amide bonds. The van der Waals surface area contributed by atoms with Crippen LogP contribution in [0.2, 0.25) is 0 Å². The highest BCUT2D eigenvalue weighted by Gasteiger charge is 2.28. The standard InChI is InChI=1S/C30H47NO3/c1-27(2,3)21-13-19(14-22(25(21)32)28(4,5)6)17-31(34)18-20-15-23(29(7,8)9)26(33)24(16-20)30(10,11)12/h13-16,32-34H,17-18H2,1-12H3. The van der Waals surface area contributed by atoms with Crippen molar-refractivity contribution in [2.75, 3.05) is 0 Å². The summed E-state index contributed by atoms with van der Waals surface area (Å²) in [5.41, 5.74) is 4.58. The van der Waals surface area contributed by atoms with Crippen LogP contribution < -0.4 is 0 Å². The largest absolute Gasteiger partial charge is 0.507 e. The van der Waals surface area contributed by atoms with Crippen molar-refractivity contribution in [3.63, 3.8) is 0 Å². The average molecular weight is 470 g/mol. The number of hydrogen-bond donors (Lipinski definition) is 3. The Morgan fingerprint density at radius 1 is 0.500 bits per heavy atom. The molecule has 0 spiro atoms. The molecule has 0 unspecified atom stereocenters. The van der Waals surface area contributed by atoms with Gasteiger partial charge in [-0.05, 0) is 55.0 Å². The Labute approximate surface area is 207 Å². The minimum Gasteiger partial charge on any atom is -0.507 e. The average Bonchev–Trinajstić information content (AvgIpc) is 2.60. The van der Waals surface area contributed by atoms with Crippen LogP contribution in [0.1, 0.15) is 116 Å². The number of benzene rings is 2. The smallest absolute Gasteiger partial charge is 0.123 e. The Balaban J connectivity index is 2.48. The molecule has 0 aliphatic heterocycles. The summed E-state index contributed by atoms with van der Waals surface area (Å²) in [5, 5.41) is 34.3. The Hall–Kier alpha value is -2.04. The highest BCUT2D eigenvalue weighted by molar-refractivity contribution is 5.51. The zero-order chi connectivity index (χ0) is 26.4.